The predicted octanol–water partition coefficient (Wildman–Crippen LogP) is 4.59. The second-order valence-corrected chi connectivity index (χ2v) is 12.6. The highest BCUT2D eigenvalue weighted by atomic mass is 79.9. The molecule has 2 rings (SSSR count). The highest BCUT2D eigenvalue weighted by Crippen LogP contribution is 2.28. The fourth-order valence-corrected chi connectivity index (χ4v) is 3.37. The molecule has 0 atom stereocenters. The number of halogens is 1. The standard InChI is InChI=1S/C15H19BrN2OSi/c1-20(2,3)8-7-19-11-18-10-12(9-17)15-13(16)5-4-6-14(15)18/h4-6,10H,7-8,11H2,1-3H3. The van der Waals surface area contributed by atoms with Crippen LogP contribution in [0.15, 0.2) is 28.9 Å². The molecule has 0 unspecified atom stereocenters. The minimum Gasteiger partial charge on any atom is -0.361 e. The summed E-state index contributed by atoms with van der Waals surface area (Å²) in [5.41, 5.74) is 1.71. The maximum absolute atomic E-state index is 9.23. The first kappa shape index (κ1) is 15.3. The molecule has 0 amide bonds. The summed E-state index contributed by atoms with van der Waals surface area (Å²) in [6.45, 7) is 8.30. The lowest BCUT2D eigenvalue weighted by Gasteiger charge is -2.15. The Kier molecular flexibility index (Phi) is 4.69. The van der Waals surface area contributed by atoms with Crippen LogP contribution in [0.1, 0.15) is 5.56 Å². The molecular formula is C15H19BrN2OSi. The predicted molar refractivity (Wildman–Crippen MR) is 88.5 cm³/mol. The lowest BCUT2D eigenvalue weighted by Crippen LogP contribution is -2.21. The van der Waals surface area contributed by atoms with Crippen LogP contribution in [0, 0.1) is 11.3 Å². The van der Waals surface area contributed by atoms with E-state index >= 15 is 0 Å². The summed E-state index contributed by atoms with van der Waals surface area (Å²) in [5, 5.41) is 10.2. The van der Waals surface area contributed by atoms with Gasteiger partial charge in [0.1, 0.15) is 12.8 Å². The van der Waals surface area contributed by atoms with Gasteiger partial charge in [0.15, 0.2) is 0 Å². The van der Waals surface area contributed by atoms with Gasteiger partial charge in [0.2, 0.25) is 0 Å². The van der Waals surface area contributed by atoms with Crippen molar-refractivity contribution in [2.45, 2.75) is 32.4 Å². The molecular weight excluding hydrogens is 332 g/mol. The van der Waals surface area contributed by atoms with Gasteiger partial charge in [-0.05, 0) is 18.2 Å². The minimum absolute atomic E-state index is 0.499. The van der Waals surface area contributed by atoms with Crippen molar-refractivity contribution in [3.8, 4) is 6.07 Å². The van der Waals surface area contributed by atoms with E-state index in [1.54, 1.807) is 0 Å². The molecule has 0 bridgehead atoms. The summed E-state index contributed by atoms with van der Waals surface area (Å²) in [5.74, 6) is 0. The minimum atomic E-state index is -1.05. The number of ether oxygens (including phenoxy) is 1. The van der Waals surface area contributed by atoms with Crippen LogP contribution in [0.5, 0.6) is 0 Å². The molecule has 1 aromatic carbocycles. The molecule has 0 radical (unpaired) electrons. The van der Waals surface area contributed by atoms with Crippen LogP contribution < -0.4 is 0 Å². The molecule has 0 aliphatic heterocycles. The van der Waals surface area contributed by atoms with Crippen molar-refractivity contribution in [3.05, 3.63) is 34.4 Å². The van der Waals surface area contributed by atoms with E-state index in [0.29, 0.717) is 12.3 Å². The van der Waals surface area contributed by atoms with Gasteiger partial charge in [-0.1, -0.05) is 41.6 Å². The normalized spacial score (nSPS) is 11.8. The Balaban J connectivity index is 2.15. The van der Waals surface area contributed by atoms with Crippen LogP contribution in [-0.2, 0) is 11.5 Å². The van der Waals surface area contributed by atoms with Crippen LogP contribution in [0.2, 0.25) is 25.7 Å². The summed E-state index contributed by atoms with van der Waals surface area (Å²) >= 11 is 3.51. The first-order chi connectivity index (χ1) is 9.42. The van der Waals surface area contributed by atoms with E-state index < -0.39 is 8.07 Å². The van der Waals surface area contributed by atoms with Crippen LogP contribution in [0.4, 0.5) is 0 Å². The summed E-state index contributed by atoms with van der Waals surface area (Å²) in [7, 11) is -1.05. The molecule has 0 fully saturated rings. The van der Waals surface area contributed by atoms with E-state index in [1.807, 2.05) is 29.0 Å². The molecule has 0 aliphatic rings. The highest BCUT2D eigenvalue weighted by molar-refractivity contribution is 9.10. The van der Waals surface area contributed by atoms with Gasteiger partial charge in [0.05, 0.1) is 11.1 Å². The molecule has 0 saturated carbocycles. The molecule has 0 N–H and O–H groups in total. The quantitative estimate of drug-likeness (QED) is 0.584. The number of benzene rings is 1. The van der Waals surface area contributed by atoms with Crippen molar-refractivity contribution >= 4 is 34.9 Å². The van der Waals surface area contributed by atoms with Gasteiger partial charge < -0.3 is 9.30 Å². The van der Waals surface area contributed by atoms with Crippen LogP contribution in [0.3, 0.4) is 0 Å². The summed E-state index contributed by atoms with van der Waals surface area (Å²) in [6.07, 6.45) is 1.87. The Bertz CT molecular complexity index is 652. The third-order valence-corrected chi connectivity index (χ3v) is 5.57. The average Bonchev–Trinajstić information content (AvgIpc) is 2.73. The second-order valence-electron chi connectivity index (χ2n) is 6.11. The summed E-state index contributed by atoms with van der Waals surface area (Å²) < 4.78 is 8.73. The number of nitrogens with zero attached hydrogens (tertiary/aromatic N) is 2. The van der Waals surface area contributed by atoms with Crippen molar-refractivity contribution < 1.29 is 4.74 Å². The van der Waals surface area contributed by atoms with E-state index in [4.69, 9.17) is 4.74 Å². The maximum Gasteiger partial charge on any atom is 0.122 e. The van der Waals surface area contributed by atoms with E-state index in [0.717, 1.165) is 28.0 Å². The molecule has 0 aliphatic carbocycles. The SMILES string of the molecule is C[Si](C)(C)CCOCn1cc(C#N)c2c(Br)cccc21. The zero-order chi connectivity index (χ0) is 14.8. The number of aromatic nitrogens is 1. The van der Waals surface area contributed by atoms with E-state index in [1.165, 1.54) is 0 Å². The van der Waals surface area contributed by atoms with Gasteiger partial charge in [0.25, 0.3) is 0 Å². The summed E-state index contributed by atoms with van der Waals surface area (Å²) in [4.78, 5) is 0. The molecule has 3 nitrogen and oxygen atoms in total. The van der Waals surface area contributed by atoms with Gasteiger partial charge >= 0.3 is 0 Å². The monoisotopic (exact) mass is 350 g/mol. The van der Waals surface area contributed by atoms with E-state index in [2.05, 4.69) is 41.6 Å². The fourth-order valence-electron chi connectivity index (χ4n) is 2.04. The largest absolute Gasteiger partial charge is 0.361 e. The highest BCUT2D eigenvalue weighted by Gasteiger charge is 2.13. The summed E-state index contributed by atoms with van der Waals surface area (Å²) in [6, 6.07) is 9.35. The molecule has 0 saturated heterocycles. The molecule has 1 aromatic heterocycles. The zero-order valence-corrected chi connectivity index (χ0v) is 14.7. The molecule has 1 heterocycles. The topological polar surface area (TPSA) is 38.0 Å². The lowest BCUT2D eigenvalue weighted by atomic mass is 10.2. The average molecular weight is 351 g/mol. The molecule has 106 valence electrons. The number of nitriles is 1. The third-order valence-electron chi connectivity index (χ3n) is 3.20. The van der Waals surface area contributed by atoms with Gasteiger partial charge in [0, 0.05) is 30.7 Å². The van der Waals surface area contributed by atoms with Crippen LogP contribution in [0.25, 0.3) is 10.9 Å². The first-order valence-corrected chi connectivity index (χ1v) is 11.2. The Morgan fingerprint density at radius 2 is 2.10 bits per heavy atom. The van der Waals surface area contributed by atoms with Crippen molar-refractivity contribution in [3.63, 3.8) is 0 Å². The first-order valence-electron chi connectivity index (χ1n) is 6.67. The van der Waals surface area contributed by atoms with E-state index in [9.17, 15) is 5.26 Å². The van der Waals surface area contributed by atoms with Crippen molar-refractivity contribution in [1.29, 1.82) is 5.26 Å². The third kappa shape index (κ3) is 3.51. The second kappa shape index (κ2) is 6.13. The molecule has 2 aromatic rings. The number of hydrogen-bond donors (Lipinski definition) is 0. The molecule has 20 heavy (non-hydrogen) atoms. The van der Waals surface area contributed by atoms with Crippen molar-refractivity contribution in [2.75, 3.05) is 6.61 Å². The Labute approximate surface area is 129 Å². The zero-order valence-electron chi connectivity index (χ0n) is 12.1. The van der Waals surface area contributed by atoms with Crippen molar-refractivity contribution in [2.24, 2.45) is 0 Å². The van der Waals surface area contributed by atoms with Gasteiger partial charge in [-0.15, -0.1) is 0 Å². The lowest BCUT2D eigenvalue weighted by molar-refractivity contribution is 0.0902. The van der Waals surface area contributed by atoms with Gasteiger partial charge in [-0.2, -0.15) is 5.26 Å². The van der Waals surface area contributed by atoms with Gasteiger partial charge in [-0.25, -0.2) is 0 Å². The number of hydrogen-bond acceptors (Lipinski definition) is 2. The Morgan fingerprint density at radius 3 is 2.75 bits per heavy atom. The smallest absolute Gasteiger partial charge is 0.122 e. The van der Waals surface area contributed by atoms with E-state index in [-0.39, 0.29) is 0 Å². The molecule has 5 heteroatoms. The van der Waals surface area contributed by atoms with Gasteiger partial charge in [-0.3, -0.25) is 0 Å². The molecule has 0 spiro atoms. The van der Waals surface area contributed by atoms with Crippen LogP contribution in [-0.4, -0.2) is 19.2 Å². The Hall–Kier alpha value is -1.09. The number of fused-ring (bicyclic) bond motifs is 1. The number of rotatable bonds is 5. The fraction of sp³-hybridized carbons (Fsp3) is 0.400. The Morgan fingerprint density at radius 1 is 1.35 bits per heavy atom. The maximum atomic E-state index is 9.23. The van der Waals surface area contributed by atoms with Crippen molar-refractivity contribution in [1.82, 2.24) is 4.57 Å². The van der Waals surface area contributed by atoms with Crippen LogP contribution >= 0.6 is 15.9 Å².